The molecule has 7 rings (SSSR count). The zero-order valence-electron chi connectivity index (χ0n) is 32.2. The number of fused-ring (bicyclic) bond motifs is 2. The lowest BCUT2D eigenvalue weighted by Crippen LogP contribution is -2.62. The highest BCUT2D eigenvalue weighted by Crippen LogP contribution is 2.61. The molecule has 0 unspecified atom stereocenters. The molecule has 1 amide bonds. The van der Waals surface area contributed by atoms with E-state index in [0.29, 0.717) is 35.7 Å². The summed E-state index contributed by atoms with van der Waals surface area (Å²) in [5.41, 5.74) is 5.02. The molecule has 0 aromatic heterocycles. The largest absolute Gasteiger partial charge is 0.496 e. The van der Waals surface area contributed by atoms with Crippen molar-refractivity contribution in [1.82, 2.24) is 10.4 Å². The van der Waals surface area contributed by atoms with E-state index in [2.05, 4.69) is 38.2 Å². The van der Waals surface area contributed by atoms with Gasteiger partial charge in [-0.05, 0) is 85.1 Å². The Morgan fingerprint density at radius 3 is 2.47 bits per heavy atom. The van der Waals surface area contributed by atoms with Gasteiger partial charge in [0.15, 0.2) is 0 Å². The molecular weight excluding hydrogens is 670 g/mol. The fraction of sp³-hybridized carbons (Fsp3) is 0.535. The minimum absolute atomic E-state index is 0.0375. The lowest BCUT2D eigenvalue weighted by Gasteiger charge is -2.62. The number of hydrogen-bond donors (Lipinski definition) is 3. The number of benzene rings is 3. The van der Waals surface area contributed by atoms with Gasteiger partial charge in [0.2, 0.25) is 5.91 Å². The first-order valence-corrected chi connectivity index (χ1v) is 19.1. The van der Waals surface area contributed by atoms with E-state index in [1.165, 1.54) is 12.0 Å². The van der Waals surface area contributed by atoms with Crippen molar-refractivity contribution in [2.24, 2.45) is 29.1 Å². The van der Waals surface area contributed by atoms with Crippen LogP contribution in [-0.4, -0.2) is 85.9 Å². The highest BCUT2D eigenvalue weighted by Gasteiger charge is 2.57. The second-order valence-electron chi connectivity index (χ2n) is 16.1. The number of hydroxylamine groups is 2. The number of rotatable bonds is 14. The van der Waals surface area contributed by atoms with Crippen LogP contribution in [0.1, 0.15) is 68.4 Å². The number of hydrogen-bond acceptors (Lipinski definition) is 9. The van der Waals surface area contributed by atoms with Crippen LogP contribution in [0, 0.1) is 29.1 Å². The van der Waals surface area contributed by atoms with Crippen LogP contribution < -0.4 is 15.0 Å². The number of nitrogens with zero attached hydrogens (tertiary/aromatic N) is 2. The van der Waals surface area contributed by atoms with E-state index in [1.54, 1.807) is 19.1 Å². The lowest BCUT2D eigenvalue weighted by molar-refractivity contribution is -0.183. The van der Waals surface area contributed by atoms with Crippen molar-refractivity contribution >= 4 is 17.6 Å². The molecule has 1 saturated heterocycles. The Labute approximate surface area is 314 Å². The number of anilines is 1. The standard InChI is InChI=1S/C43H57N3O7/c1-26-35-22-32(43(35,3)4)23-36(26)44-41(49)39-38(27(2)48)37(25-47)53-46(39)24-29-16-11-17-34(40(29)51-7)30-19-31(21-33(20-30)45(5)6)42(50)52-18-12-15-28-13-9-8-10-14-28/h8-11,13-14,16-17,19-21,26-27,32,35-39,47-48H,12,15,18,22-25H2,1-7H3,(H,44,49)/t26-,27-,32+,35-,36-,37-,38-,39-/m0/s1. The summed E-state index contributed by atoms with van der Waals surface area (Å²) in [6.45, 7) is 8.68. The van der Waals surface area contributed by atoms with Gasteiger partial charge in [-0.3, -0.25) is 9.63 Å². The van der Waals surface area contributed by atoms with Crippen LogP contribution in [0.15, 0.2) is 66.7 Å². The maximum Gasteiger partial charge on any atom is 0.338 e. The number of carbonyl (C=O) groups is 2. The normalized spacial score (nSPS) is 26.7. The first-order valence-electron chi connectivity index (χ1n) is 19.1. The van der Waals surface area contributed by atoms with Crippen molar-refractivity contribution in [3.8, 4) is 16.9 Å². The maximum absolute atomic E-state index is 14.2. The predicted molar refractivity (Wildman–Crippen MR) is 205 cm³/mol. The molecule has 0 spiro atoms. The zero-order chi connectivity index (χ0) is 38.0. The van der Waals surface area contributed by atoms with E-state index >= 15 is 0 Å². The number of para-hydroxylation sites is 1. The van der Waals surface area contributed by atoms with Gasteiger partial charge in [-0.15, -0.1) is 0 Å². The molecular formula is C43H57N3O7. The van der Waals surface area contributed by atoms with Crippen LogP contribution in [0.5, 0.6) is 5.75 Å². The minimum atomic E-state index is -0.900. The Bertz CT molecular complexity index is 1740. The fourth-order valence-corrected chi connectivity index (χ4v) is 9.14. The predicted octanol–water partition coefficient (Wildman–Crippen LogP) is 5.88. The molecule has 10 heteroatoms. The molecule has 1 aliphatic heterocycles. The monoisotopic (exact) mass is 727 g/mol. The molecule has 10 nitrogen and oxygen atoms in total. The van der Waals surface area contributed by atoms with Gasteiger partial charge in [0.25, 0.3) is 0 Å². The summed E-state index contributed by atoms with van der Waals surface area (Å²) in [6.07, 6.45) is 2.01. The lowest BCUT2D eigenvalue weighted by atomic mass is 9.45. The first kappa shape index (κ1) is 38.8. The van der Waals surface area contributed by atoms with Crippen LogP contribution in [-0.2, 0) is 27.3 Å². The molecule has 1 heterocycles. The number of aliphatic hydroxyl groups is 2. The van der Waals surface area contributed by atoms with E-state index in [9.17, 15) is 19.8 Å². The molecule has 3 N–H and O–H groups in total. The summed E-state index contributed by atoms with van der Waals surface area (Å²) in [6, 6.07) is 20.7. The third-order valence-electron chi connectivity index (χ3n) is 12.4. The molecule has 8 atom stereocenters. The van der Waals surface area contributed by atoms with Crippen molar-refractivity contribution in [2.45, 2.75) is 84.2 Å². The van der Waals surface area contributed by atoms with Gasteiger partial charge in [0, 0.05) is 42.9 Å². The number of amides is 1. The molecule has 286 valence electrons. The first-order chi connectivity index (χ1) is 25.3. The van der Waals surface area contributed by atoms with Crippen LogP contribution in [0.4, 0.5) is 5.69 Å². The summed E-state index contributed by atoms with van der Waals surface area (Å²) >= 11 is 0. The van der Waals surface area contributed by atoms with Gasteiger partial charge >= 0.3 is 5.97 Å². The van der Waals surface area contributed by atoms with Gasteiger partial charge in [-0.2, -0.15) is 5.06 Å². The van der Waals surface area contributed by atoms with Crippen LogP contribution in [0.3, 0.4) is 0 Å². The maximum atomic E-state index is 14.2. The van der Waals surface area contributed by atoms with Gasteiger partial charge in [-0.1, -0.05) is 69.3 Å². The Kier molecular flexibility index (Phi) is 11.8. The Hall–Kier alpha value is -3.96. The van der Waals surface area contributed by atoms with E-state index in [-0.39, 0.29) is 30.5 Å². The van der Waals surface area contributed by atoms with Crippen LogP contribution in [0.25, 0.3) is 11.1 Å². The van der Waals surface area contributed by atoms with Crippen molar-refractivity contribution in [3.63, 3.8) is 0 Å². The summed E-state index contributed by atoms with van der Waals surface area (Å²) in [7, 11) is 5.44. The quantitative estimate of drug-likeness (QED) is 0.138. The molecule has 3 aromatic carbocycles. The number of ether oxygens (including phenoxy) is 2. The number of methoxy groups -OCH3 is 1. The molecule has 3 aromatic rings. The van der Waals surface area contributed by atoms with Crippen LogP contribution >= 0.6 is 0 Å². The average Bonchev–Trinajstić information content (AvgIpc) is 3.52. The summed E-state index contributed by atoms with van der Waals surface area (Å²) in [4.78, 5) is 35.8. The van der Waals surface area contributed by atoms with Crippen molar-refractivity contribution in [2.75, 3.05) is 39.3 Å². The smallest absolute Gasteiger partial charge is 0.338 e. The van der Waals surface area contributed by atoms with Gasteiger partial charge < -0.3 is 29.9 Å². The molecule has 4 aliphatic rings. The highest BCUT2D eigenvalue weighted by molar-refractivity contribution is 5.93. The summed E-state index contributed by atoms with van der Waals surface area (Å²) in [5, 5.41) is 26.2. The number of carbonyl (C=O) groups excluding carboxylic acids is 2. The Morgan fingerprint density at radius 2 is 1.83 bits per heavy atom. The van der Waals surface area contributed by atoms with E-state index in [0.717, 1.165) is 41.6 Å². The fourth-order valence-electron chi connectivity index (χ4n) is 9.14. The molecule has 2 bridgehead atoms. The van der Waals surface area contributed by atoms with Gasteiger partial charge in [0.1, 0.15) is 17.9 Å². The Balaban J connectivity index is 1.24. The number of aryl methyl sites for hydroxylation is 1. The number of nitrogens with one attached hydrogen (secondary N) is 1. The van der Waals surface area contributed by atoms with Crippen molar-refractivity contribution < 1.29 is 34.1 Å². The summed E-state index contributed by atoms with van der Waals surface area (Å²) in [5.74, 6) is 0.783. The van der Waals surface area contributed by atoms with E-state index < -0.39 is 30.1 Å². The summed E-state index contributed by atoms with van der Waals surface area (Å²) < 4.78 is 11.8. The average molecular weight is 728 g/mol. The molecule has 3 saturated carbocycles. The topological polar surface area (TPSA) is 121 Å². The van der Waals surface area contributed by atoms with Gasteiger partial charge in [-0.25, -0.2) is 4.79 Å². The second kappa shape index (κ2) is 16.2. The van der Waals surface area contributed by atoms with E-state index in [4.69, 9.17) is 14.3 Å². The number of aliphatic hydroxyl groups excluding tert-OH is 2. The van der Waals surface area contributed by atoms with Crippen LogP contribution in [0.2, 0.25) is 0 Å². The molecule has 4 fully saturated rings. The molecule has 3 aliphatic carbocycles. The molecule has 0 radical (unpaired) electrons. The van der Waals surface area contributed by atoms with E-state index in [1.807, 2.05) is 73.6 Å². The SMILES string of the molecule is COc1c(CN2O[C@@H](CO)[C@H]([C@H](C)O)[C@H]2C(=O)N[C@H]2C[C@H]3C[C@@H]([C@@H]2C)C3(C)C)cccc1-c1cc(C(=O)OCCCc2ccccc2)cc(N(C)C)c1. The Morgan fingerprint density at radius 1 is 1.08 bits per heavy atom. The zero-order valence-corrected chi connectivity index (χ0v) is 32.2. The van der Waals surface area contributed by atoms with Crippen molar-refractivity contribution in [1.29, 1.82) is 0 Å². The van der Waals surface area contributed by atoms with Gasteiger partial charge in [0.05, 0.1) is 38.5 Å². The second-order valence-corrected chi connectivity index (χ2v) is 16.1. The number of esters is 1. The third kappa shape index (κ3) is 7.97. The van der Waals surface area contributed by atoms with Crippen molar-refractivity contribution in [3.05, 3.63) is 83.4 Å². The third-order valence-corrected chi connectivity index (χ3v) is 12.4. The highest BCUT2D eigenvalue weighted by atomic mass is 16.7. The molecule has 53 heavy (non-hydrogen) atoms. The minimum Gasteiger partial charge on any atom is -0.496 e.